The van der Waals surface area contributed by atoms with E-state index >= 15 is 0 Å². The molecular weight excluding hydrogens is 486 g/mol. The number of aromatic nitrogens is 3. The number of para-hydroxylation sites is 1. The van der Waals surface area contributed by atoms with Crippen LogP contribution < -0.4 is 10.6 Å². The largest absolute Gasteiger partial charge is 0.358 e. The fraction of sp³-hybridized carbons (Fsp3) is 0.281. The molecule has 0 unspecified atom stereocenters. The van der Waals surface area contributed by atoms with E-state index in [1.807, 2.05) is 85.5 Å². The molecule has 0 radical (unpaired) electrons. The number of hydrogen-bond acceptors (Lipinski definition) is 4. The molecule has 0 atom stereocenters. The standard InChI is InChI=1S/C31H31N5O2.CH4/c1-19-28(34-20(2)30(19)29(37)14-21-10-12-32-13-11-21)16-26-25-15-22(8-9-27(25)35-31(26)38)23-17-33-36(18-23)24-6-4-3-5-7-24;/h3-9,15-18,21,32,34H,10-14H2,1-2H3,(H,35,38);1H4/b26-16-;. The monoisotopic (exact) mass is 521 g/mol. The van der Waals surface area contributed by atoms with E-state index in [0.29, 0.717) is 17.9 Å². The molecule has 0 bridgehead atoms. The molecule has 2 aromatic heterocycles. The molecule has 7 nitrogen and oxygen atoms in total. The second-order valence-electron chi connectivity index (χ2n) is 10.3. The maximum Gasteiger partial charge on any atom is 0.256 e. The Kier molecular flexibility index (Phi) is 7.35. The Morgan fingerprint density at radius 2 is 1.85 bits per heavy atom. The van der Waals surface area contributed by atoms with Crippen LogP contribution in [-0.2, 0) is 4.79 Å². The summed E-state index contributed by atoms with van der Waals surface area (Å²) in [5.74, 6) is 0.463. The minimum absolute atomic E-state index is 0. The summed E-state index contributed by atoms with van der Waals surface area (Å²) in [4.78, 5) is 29.6. The van der Waals surface area contributed by atoms with Gasteiger partial charge in [0.25, 0.3) is 5.91 Å². The third-order valence-electron chi connectivity index (χ3n) is 7.72. The number of nitrogens with one attached hydrogen (secondary N) is 3. The van der Waals surface area contributed by atoms with Crippen LogP contribution in [0.15, 0.2) is 60.9 Å². The number of amides is 1. The first-order chi connectivity index (χ1) is 18.5. The molecule has 200 valence electrons. The van der Waals surface area contributed by atoms with Crippen LogP contribution in [-0.4, -0.2) is 39.5 Å². The quantitative estimate of drug-likeness (QED) is 0.209. The number of Topliss-reactive ketones (excluding diaryl/α,β-unsaturated/α-hetero) is 1. The third-order valence-corrected chi connectivity index (χ3v) is 7.72. The zero-order valence-corrected chi connectivity index (χ0v) is 21.7. The first-order valence-electron chi connectivity index (χ1n) is 13.2. The summed E-state index contributed by atoms with van der Waals surface area (Å²) in [5.41, 5.74) is 8.45. The second-order valence-corrected chi connectivity index (χ2v) is 10.3. The molecule has 2 aliphatic heterocycles. The van der Waals surface area contributed by atoms with Gasteiger partial charge in [-0.3, -0.25) is 9.59 Å². The second kappa shape index (κ2) is 10.9. The highest BCUT2D eigenvalue weighted by atomic mass is 16.2. The molecule has 6 rings (SSSR count). The summed E-state index contributed by atoms with van der Waals surface area (Å²) in [6.07, 6.45) is 8.34. The third kappa shape index (κ3) is 5.10. The van der Waals surface area contributed by atoms with Crippen molar-refractivity contribution in [3.63, 3.8) is 0 Å². The molecule has 0 aliphatic carbocycles. The van der Waals surface area contributed by atoms with Gasteiger partial charge in [-0.2, -0.15) is 5.10 Å². The number of nitrogens with zero attached hydrogens (tertiary/aromatic N) is 2. The number of piperidine rings is 1. The number of carbonyl (C=O) groups excluding carboxylic acids is 2. The van der Waals surface area contributed by atoms with Crippen LogP contribution in [0.3, 0.4) is 0 Å². The van der Waals surface area contributed by atoms with Crippen LogP contribution in [0.1, 0.15) is 59.6 Å². The lowest BCUT2D eigenvalue weighted by Crippen LogP contribution is -2.29. The van der Waals surface area contributed by atoms with Crippen molar-refractivity contribution < 1.29 is 9.59 Å². The van der Waals surface area contributed by atoms with Crippen LogP contribution in [0.4, 0.5) is 5.69 Å². The fourth-order valence-electron chi connectivity index (χ4n) is 5.64. The van der Waals surface area contributed by atoms with Gasteiger partial charge in [0, 0.05) is 46.4 Å². The Balaban J connectivity index is 0.00000308. The predicted octanol–water partition coefficient (Wildman–Crippen LogP) is 6.19. The van der Waals surface area contributed by atoms with Crippen LogP contribution in [0, 0.1) is 19.8 Å². The zero-order chi connectivity index (χ0) is 26.2. The lowest BCUT2D eigenvalue weighted by Gasteiger charge is -2.21. The molecule has 1 fully saturated rings. The Labute approximate surface area is 229 Å². The van der Waals surface area contributed by atoms with Crippen molar-refractivity contribution in [2.45, 2.75) is 40.5 Å². The summed E-state index contributed by atoms with van der Waals surface area (Å²) in [6.45, 7) is 5.86. The average Bonchev–Trinajstić information content (AvgIpc) is 3.61. The molecule has 2 aromatic carbocycles. The predicted molar refractivity (Wildman–Crippen MR) is 157 cm³/mol. The van der Waals surface area contributed by atoms with E-state index in [1.54, 1.807) is 0 Å². The minimum Gasteiger partial charge on any atom is -0.358 e. The molecule has 0 saturated carbocycles. The van der Waals surface area contributed by atoms with Gasteiger partial charge in [0.1, 0.15) is 0 Å². The number of aromatic amines is 1. The number of anilines is 1. The minimum atomic E-state index is -0.147. The summed E-state index contributed by atoms with van der Waals surface area (Å²) in [6, 6.07) is 15.9. The summed E-state index contributed by atoms with van der Waals surface area (Å²) in [7, 11) is 0. The Hall–Kier alpha value is -4.23. The molecule has 7 heteroatoms. The van der Waals surface area contributed by atoms with E-state index in [4.69, 9.17) is 0 Å². The number of fused-ring (bicyclic) bond motifs is 1. The van der Waals surface area contributed by atoms with Gasteiger partial charge in [0.2, 0.25) is 0 Å². The molecule has 4 aromatic rings. The molecule has 1 amide bonds. The van der Waals surface area contributed by atoms with E-state index in [0.717, 1.165) is 76.5 Å². The van der Waals surface area contributed by atoms with Gasteiger partial charge in [-0.1, -0.05) is 31.7 Å². The Bertz CT molecular complexity index is 1550. The molecule has 0 spiro atoms. The highest BCUT2D eigenvalue weighted by Crippen LogP contribution is 2.37. The van der Waals surface area contributed by atoms with Crippen molar-refractivity contribution in [1.29, 1.82) is 0 Å². The smallest absolute Gasteiger partial charge is 0.256 e. The van der Waals surface area contributed by atoms with Crippen molar-refractivity contribution in [3.8, 4) is 16.8 Å². The summed E-state index contributed by atoms with van der Waals surface area (Å²) < 4.78 is 1.84. The molecule has 2 aliphatic rings. The number of benzene rings is 2. The number of H-pyrrole nitrogens is 1. The van der Waals surface area contributed by atoms with E-state index < -0.39 is 0 Å². The van der Waals surface area contributed by atoms with E-state index in [9.17, 15) is 9.59 Å². The van der Waals surface area contributed by atoms with E-state index in [2.05, 4.69) is 20.7 Å². The van der Waals surface area contributed by atoms with Crippen molar-refractivity contribution in [3.05, 3.63) is 89.0 Å². The summed E-state index contributed by atoms with van der Waals surface area (Å²) >= 11 is 0. The lowest BCUT2D eigenvalue weighted by molar-refractivity contribution is -0.110. The van der Waals surface area contributed by atoms with Gasteiger partial charge < -0.3 is 15.6 Å². The van der Waals surface area contributed by atoms with Gasteiger partial charge in [0.15, 0.2) is 5.78 Å². The summed E-state index contributed by atoms with van der Waals surface area (Å²) in [5, 5.41) is 10.9. The van der Waals surface area contributed by atoms with Crippen molar-refractivity contribution >= 4 is 29.0 Å². The number of hydrogen-bond donors (Lipinski definition) is 3. The molecular formula is C32H35N5O2. The van der Waals surface area contributed by atoms with E-state index in [-0.39, 0.29) is 19.1 Å². The maximum atomic E-state index is 13.2. The van der Waals surface area contributed by atoms with Crippen molar-refractivity contribution in [1.82, 2.24) is 20.1 Å². The molecule has 1 saturated heterocycles. The Morgan fingerprint density at radius 1 is 1.08 bits per heavy atom. The SMILES string of the molecule is C.Cc1[nH]c(/C=C2\C(=O)Nc3ccc(-c4cnn(-c5ccccc5)c4)cc32)c(C)c1C(=O)CC1CCNCC1. The number of aryl methyl sites for hydroxylation is 1. The van der Waals surface area contributed by atoms with Crippen LogP contribution in [0.2, 0.25) is 0 Å². The van der Waals surface area contributed by atoms with Gasteiger partial charge in [-0.05, 0) is 87.2 Å². The van der Waals surface area contributed by atoms with Crippen LogP contribution in [0.25, 0.3) is 28.5 Å². The molecule has 4 heterocycles. The first-order valence-corrected chi connectivity index (χ1v) is 13.2. The van der Waals surface area contributed by atoms with Crippen LogP contribution in [0.5, 0.6) is 0 Å². The number of rotatable bonds is 6. The maximum absolute atomic E-state index is 13.2. The normalized spacial score (nSPS) is 16.2. The van der Waals surface area contributed by atoms with Crippen molar-refractivity contribution in [2.75, 3.05) is 18.4 Å². The topological polar surface area (TPSA) is 91.8 Å². The average molecular weight is 522 g/mol. The molecule has 39 heavy (non-hydrogen) atoms. The highest BCUT2D eigenvalue weighted by Gasteiger charge is 2.27. The van der Waals surface area contributed by atoms with E-state index in [1.165, 1.54) is 0 Å². The Morgan fingerprint density at radius 3 is 2.62 bits per heavy atom. The first kappa shape index (κ1) is 26.4. The fourth-order valence-corrected chi connectivity index (χ4v) is 5.64. The number of ketones is 1. The van der Waals surface area contributed by atoms with Crippen molar-refractivity contribution in [2.24, 2.45) is 5.92 Å². The molecule has 3 N–H and O–H groups in total. The van der Waals surface area contributed by atoms with Gasteiger partial charge in [-0.15, -0.1) is 0 Å². The number of carbonyl (C=O) groups is 2. The lowest BCUT2D eigenvalue weighted by atomic mass is 9.89. The highest BCUT2D eigenvalue weighted by molar-refractivity contribution is 6.35. The van der Waals surface area contributed by atoms with Gasteiger partial charge in [-0.25, -0.2) is 4.68 Å². The van der Waals surface area contributed by atoms with Crippen LogP contribution >= 0.6 is 0 Å². The van der Waals surface area contributed by atoms with Gasteiger partial charge in [0.05, 0.1) is 17.5 Å². The van der Waals surface area contributed by atoms with Gasteiger partial charge >= 0.3 is 0 Å². The zero-order valence-electron chi connectivity index (χ0n) is 21.7.